The van der Waals surface area contributed by atoms with E-state index in [0.29, 0.717) is 16.4 Å². The Balaban J connectivity index is 0.00000182. The van der Waals surface area contributed by atoms with Crippen molar-refractivity contribution in [2.45, 2.75) is 19.4 Å². The predicted molar refractivity (Wildman–Crippen MR) is 113 cm³/mol. The van der Waals surface area contributed by atoms with Gasteiger partial charge in [-0.3, -0.25) is 4.79 Å². The predicted octanol–water partition coefficient (Wildman–Crippen LogP) is 3.41. The Hall–Kier alpha value is -1.54. The number of halogens is 2. The lowest BCUT2D eigenvalue weighted by atomic mass is 10.2. The highest BCUT2D eigenvalue weighted by Gasteiger charge is 2.27. The van der Waals surface area contributed by atoms with Crippen molar-refractivity contribution in [2.75, 3.05) is 34.4 Å². The number of benzene rings is 1. The molecule has 1 aliphatic rings. The van der Waals surface area contributed by atoms with Gasteiger partial charge in [0.15, 0.2) is 11.5 Å². The molecule has 9 heteroatoms. The van der Waals surface area contributed by atoms with E-state index in [1.807, 2.05) is 37.1 Å². The SMILES string of the molecule is COc1ccc(-c2nc(C)c(C(=O)N(C)C3CCNC3)s2)cc1OC.Cl.Cl. The minimum Gasteiger partial charge on any atom is -0.493 e. The molecule has 0 bridgehead atoms. The van der Waals surface area contributed by atoms with Gasteiger partial charge in [0, 0.05) is 25.2 Å². The zero-order valence-electron chi connectivity index (χ0n) is 15.8. The quantitative estimate of drug-likeness (QED) is 0.782. The van der Waals surface area contributed by atoms with Crippen LogP contribution < -0.4 is 14.8 Å². The second-order valence-corrected chi connectivity index (χ2v) is 7.07. The van der Waals surface area contributed by atoms with Gasteiger partial charge < -0.3 is 19.7 Å². The van der Waals surface area contributed by atoms with E-state index in [9.17, 15) is 4.79 Å². The smallest absolute Gasteiger partial charge is 0.265 e. The molecular formula is C18H25Cl2N3O3S. The number of methoxy groups -OCH3 is 2. The van der Waals surface area contributed by atoms with Crippen LogP contribution in [-0.4, -0.2) is 56.2 Å². The van der Waals surface area contributed by atoms with Crippen LogP contribution in [0.4, 0.5) is 0 Å². The first-order valence-electron chi connectivity index (χ1n) is 8.22. The number of aryl methyl sites for hydroxylation is 1. The Morgan fingerprint density at radius 3 is 2.56 bits per heavy atom. The molecule has 1 N–H and O–H groups in total. The molecule has 0 saturated carbocycles. The molecule has 1 atom stereocenters. The molecule has 1 aromatic heterocycles. The van der Waals surface area contributed by atoms with Gasteiger partial charge in [-0.15, -0.1) is 36.2 Å². The van der Waals surface area contributed by atoms with Gasteiger partial charge in [-0.25, -0.2) is 4.98 Å². The van der Waals surface area contributed by atoms with Crippen LogP contribution in [0, 0.1) is 6.92 Å². The molecule has 0 aliphatic carbocycles. The molecule has 150 valence electrons. The number of aromatic nitrogens is 1. The average Bonchev–Trinajstić information content (AvgIpc) is 3.29. The Labute approximate surface area is 176 Å². The largest absolute Gasteiger partial charge is 0.493 e. The number of hydrogen-bond acceptors (Lipinski definition) is 6. The highest BCUT2D eigenvalue weighted by atomic mass is 35.5. The lowest BCUT2D eigenvalue weighted by molar-refractivity contribution is 0.0747. The molecule has 6 nitrogen and oxygen atoms in total. The standard InChI is InChI=1S/C18H23N3O3S.2ClH/c1-11-16(18(22)21(2)13-7-8-19-10-13)25-17(20-11)12-5-6-14(23-3)15(9-12)24-4;;/h5-6,9,13,19H,7-8,10H2,1-4H3;2*1H. The van der Waals surface area contributed by atoms with Crippen molar-refractivity contribution < 1.29 is 14.3 Å². The fourth-order valence-electron chi connectivity index (χ4n) is 2.98. The van der Waals surface area contributed by atoms with Crippen molar-refractivity contribution in [3.8, 4) is 22.1 Å². The normalized spacial score (nSPS) is 15.5. The molecule has 1 aliphatic heterocycles. The summed E-state index contributed by atoms with van der Waals surface area (Å²) in [5, 5.41) is 4.10. The summed E-state index contributed by atoms with van der Waals surface area (Å²) in [6.07, 6.45) is 0.989. The molecule has 2 aromatic rings. The molecule has 1 unspecified atom stereocenters. The topological polar surface area (TPSA) is 63.7 Å². The summed E-state index contributed by atoms with van der Waals surface area (Å²) in [4.78, 5) is 20.0. The monoisotopic (exact) mass is 433 g/mol. The van der Waals surface area contributed by atoms with Crippen LogP contribution in [0.2, 0.25) is 0 Å². The van der Waals surface area contributed by atoms with Gasteiger partial charge in [0.05, 0.1) is 19.9 Å². The van der Waals surface area contributed by atoms with Crippen LogP contribution in [-0.2, 0) is 0 Å². The lowest BCUT2D eigenvalue weighted by Crippen LogP contribution is -2.38. The van der Waals surface area contributed by atoms with E-state index in [-0.39, 0.29) is 36.8 Å². The van der Waals surface area contributed by atoms with Crippen molar-refractivity contribution >= 4 is 42.1 Å². The van der Waals surface area contributed by atoms with Crippen LogP contribution in [0.25, 0.3) is 10.6 Å². The number of nitrogens with one attached hydrogen (secondary N) is 1. The number of thiazole rings is 1. The molecular weight excluding hydrogens is 409 g/mol. The maximum absolute atomic E-state index is 12.8. The zero-order valence-corrected chi connectivity index (χ0v) is 18.2. The Morgan fingerprint density at radius 2 is 1.96 bits per heavy atom. The van der Waals surface area contributed by atoms with E-state index in [1.54, 1.807) is 14.2 Å². The lowest BCUT2D eigenvalue weighted by Gasteiger charge is -2.23. The van der Waals surface area contributed by atoms with Gasteiger partial charge in [0.2, 0.25) is 0 Å². The van der Waals surface area contributed by atoms with Crippen LogP contribution in [0.5, 0.6) is 11.5 Å². The van der Waals surface area contributed by atoms with Crippen LogP contribution >= 0.6 is 36.2 Å². The van der Waals surface area contributed by atoms with Gasteiger partial charge in [0.25, 0.3) is 5.91 Å². The number of ether oxygens (including phenoxy) is 2. The van der Waals surface area contributed by atoms with E-state index in [2.05, 4.69) is 10.3 Å². The zero-order chi connectivity index (χ0) is 18.0. The third kappa shape index (κ3) is 4.85. The molecule has 27 heavy (non-hydrogen) atoms. The summed E-state index contributed by atoms with van der Waals surface area (Å²) in [6.45, 7) is 3.69. The Bertz CT molecular complexity index is 779. The van der Waals surface area contributed by atoms with E-state index >= 15 is 0 Å². The Kier molecular flexibility index (Phi) is 8.81. The highest BCUT2D eigenvalue weighted by molar-refractivity contribution is 7.17. The number of nitrogens with zero attached hydrogens (tertiary/aromatic N) is 2. The van der Waals surface area contributed by atoms with Gasteiger partial charge in [0.1, 0.15) is 9.88 Å². The van der Waals surface area contributed by atoms with E-state index in [0.717, 1.165) is 35.8 Å². The van der Waals surface area contributed by atoms with E-state index in [1.165, 1.54) is 11.3 Å². The molecule has 2 heterocycles. The fraction of sp³-hybridized carbons (Fsp3) is 0.444. The molecule has 0 radical (unpaired) electrons. The minimum atomic E-state index is 0. The molecule has 1 saturated heterocycles. The number of amides is 1. The molecule has 1 amide bonds. The summed E-state index contributed by atoms with van der Waals surface area (Å²) in [5.41, 5.74) is 1.67. The minimum absolute atomic E-state index is 0. The number of carbonyl (C=O) groups is 1. The number of likely N-dealkylation sites (N-methyl/N-ethyl adjacent to an activating group) is 1. The van der Waals surface area contributed by atoms with Crippen LogP contribution in [0.3, 0.4) is 0 Å². The Morgan fingerprint density at radius 1 is 1.26 bits per heavy atom. The summed E-state index contributed by atoms with van der Waals surface area (Å²) >= 11 is 1.42. The summed E-state index contributed by atoms with van der Waals surface area (Å²) in [6, 6.07) is 5.91. The van der Waals surface area contributed by atoms with Gasteiger partial charge >= 0.3 is 0 Å². The summed E-state index contributed by atoms with van der Waals surface area (Å²) in [5.74, 6) is 1.36. The fourth-order valence-corrected chi connectivity index (χ4v) is 4.03. The van der Waals surface area contributed by atoms with Gasteiger partial charge in [-0.1, -0.05) is 0 Å². The number of rotatable bonds is 5. The average molecular weight is 434 g/mol. The maximum atomic E-state index is 12.8. The second kappa shape index (κ2) is 10.1. The number of hydrogen-bond donors (Lipinski definition) is 1. The maximum Gasteiger partial charge on any atom is 0.265 e. The summed E-state index contributed by atoms with van der Waals surface area (Å²) in [7, 11) is 5.08. The van der Waals surface area contributed by atoms with Crippen molar-refractivity contribution in [1.29, 1.82) is 0 Å². The van der Waals surface area contributed by atoms with Gasteiger partial charge in [-0.05, 0) is 38.1 Å². The van der Waals surface area contributed by atoms with E-state index in [4.69, 9.17) is 9.47 Å². The number of carbonyl (C=O) groups excluding carboxylic acids is 1. The molecule has 1 fully saturated rings. The second-order valence-electron chi connectivity index (χ2n) is 6.07. The summed E-state index contributed by atoms with van der Waals surface area (Å²) < 4.78 is 10.6. The third-order valence-electron chi connectivity index (χ3n) is 4.52. The van der Waals surface area contributed by atoms with Crippen molar-refractivity contribution in [2.24, 2.45) is 0 Å². The molecule has 3 rings (SSSR count). The van der Waals surface area contributed by atoms with Crippen molar-refractivity contribution in [1.82, 2.24) is 15.2 Å². The van der Waals surface area contributed by atoms with Crippen molar-refractivity contribution in [3.63, 3.8) is 0 Å². The first kappa shape index (κ1) is 23.5. The van der Waals surface area contributed by atoms with Crippen LogP contribution in [0.1, 0.15) is 21.8 Å². The highest BCUT2D eigenvalue weighted by Crippen LogP contribution is 2.35. The van der Waals surface area contributed by atoms with Crippen molar-refractivity contribution in [3.05, 3.63) is 28.8 Å². The first-order chi connectivity index (χ1) is 12.0. The third-order valence-corrected chi connectivity index (χ3v) is 5.72. The van der Waals surface area contributed by atoms with Crippen LogP contribution in [0.15, 0.2) is 18.2 Å². The van der Waals surface area contributed by atoms with Gasteiger partial charge in [-0.2, -0.15) is 0 Å². The molecule has 1 aromatic carbocycles. The molecule has 0 spiro atoms. The van der Waals surface area contributed by atoms with E-state index < -0.39 is 0 Å². The first-order valence-corrected chi connectivity index (χ1v) is 9.04.